The second-order valence-electron chi connectivity index (χ2n) is 8.68. The molecule has 0 aliphatic rings. The number of carbonyl (C=O) groups is 1. The van der Waals surface area contributed by atoms with Crippen molar-refractivity contribution in [1.82, 2.24) is 4.98 Å². The number of aryl methyl sites for hydroxylation is 1. The predicted octanol–water partition coefficient (Wildman–Crippen LogP) is 7.72. The van der Waals surface area contributed by atoms with Gasteiger partial charge in [0.05, 0.1) is 0 Å². The molecule has 0 aliphatic carbocycles. The van der Waals surface area contributed by atoms with Gasteiger partial charge in [-0.2, -0.15) is 0 Å². The van der Waals surface area contributed by atoms with Gasteiger partial charge in [0.25, 0.3) is 0 Å². The van der Waals surface area contributed by atoms with E-state index in [9.17, 15) is 9.90 Å². The van der Waals surface area contributed by atoms with Crippen LogP contribution >= 0.6 is 0 Å². The lowest BCUT2D eigenvalue weighted by Crippen LogP contribution is -2.05. The van der Waals surface area contributed by atoms with E-state index < -0.39 is 5.97 Å². The molecule has 3 nitrogen and oxygen atoms in total. The van der Waals surface area contributed by atoms with Crippen LogP contribution < -0.4 is 0 Å². The van der Waals surface area contributed by atoms with Gasteiger partial charge in [0.2, 0.25) is 0 Å². The molecule has 0 saturated heterocycles. The van der Waals surface area contributed by atoms with Crippen molar-refractivity contribution in [3.63, 3.8) is 0 Å². The molecule has 0 spiro atoms. The van der Waals surface area contributed by atoms with Gasteiger partial charge in [0.1, 0.15) is 0 Å². The minimum atomic E-state index is -0.965. The summed E-state index contributed by atoms with van der Waals surface area (Å²) in [5, 5.41) is 9.60. The summed E-state index contributed by atoms with van der Waals surface area (Å²) in [6, 6.07) is 10.4. The Hall–Kier alpha value is -2.16. The molecule has 164 valence electrons. The Kier molecular flexibility index (Phi) is 10.6. The molecule has 0 radical (unpaired) electrons. The first-order chi connectivity index (χ1) is 14.5. The van der Waals surface area contributed by atoms with E-state index in [0.717, 1.165) is 42.4 Å². The van der Waals surface area contributed by atoms with Crippen molar-refractivity contribution in [3.8, 4) is 11.1 Å². The monoisotopic (exact) mass is 409 g/mol. The number of unbranched alkanes of at least 4 members (excludes halogenated alkanes) is 7. The third kappa shape index (κ3) is 7.93. The SMILES string of the molecule is CCCCCCCCCCc1cnc(C(=O)O)c(-c2ccc(C[C@@H](C)CC)cc2)c1. The average Bonchev–Trinajstić information content (AvgIpc) is 2.75. The van der Waals surface area contributed by atoms with E-state index >= 15 is 0 Å². The molecule has 0 aliphatic heterocycles. The largest absolute Gasteiger partial charge is 0.476 e. The highest BCUT2D eigenvalue weighted by Crippen LogP contribution is 2.26. The van der Waals surface area contributed by atoms with E-state index in [1.54, 1.807) is 6.20 Å². The fourth-order valence-electron chi connectivity index (χ4n) is 3.87. The van der Waals surface area contributed by atoms with E-state index in [1.807, 2.05) is 18.2 Å². The van der Waals surface area contributed by atoms with Crippen LogP contribution in [0.4, 0.5) is 0 Å². The Morgan fingerprint density at radius 2 is 1.57 bits per heavy atom. The highest BCUT2D eigenvalue weighted by molar-refractivity contribution is 5.94. The fraction of sp³-hybridized carbons (Fsp3) is 0.556. The summed E-state index contributed by atoms with van der Waals surface area (Å²) in [6.45, 7) is 6.72. The van der Waals surface area contributed by atoms with Crippen molar-refractivity contribution >= 4 is 5.97 Å². The Balaban J connectivity index is 1.99. The minimum absolute atomic E-state index is 0.143. The van der Waals surface area contributed by atoms with Gasteiger partial charge < -0.3 is 5.11 Å². The number of carboxylic acid groups (broad SMARTS) is 1. The first-order valence-electron chi connectivity index (χ1n) is 11.9. The van der Waals surface area contributed by atoms with Crippen LogP contribution in [-0.2, 0) is 12.8 Å². The van der Waals surface area contributed by atoms with Crippen molar-refractivity contribution in [2.75, 3.05) is 0 Å². The van der Waals surface area contributed by atoms with E-state index in [-0.39, 0.29) is 5.69 Å². The second kappa shape index (κ2) is 13.2. The molecule has 1 heterocycles. The van der Waals surface area contributed by atoms with Gasteiger partial charge in [-0.15, -0.1) is 0 Å². The molecule has 0 saturated carbocycles. The molecule has 1 N–H and O–H groups in total. The number of hydrogen-bond donors (Lipinski definition) is 1. The maximum atomic E-state index is 11.7. The number of hydrogen-bond acceptors (Lipinski definition) is 2. The van der Waals surface area contributed by atoms with Gasteiger partial charge in [-0.1, -0.05) is 96.4 Å². The molecular formula is C27H39NO2. The van der Waals surface area contributed by atoms with Crippen LogP contribution in [0.5, 0.6) is 0 Å². The molecule has 30 heavy (non-hydrogen) atoms. The fourth-order valence-corrected chi connectivity index (χ4v) is 3.87. The molecule has 2 rings (SSSR count). The number of benzene rings is 1. The van der Waals surface area contributed by atoms with Gasteiger partial charge in [0.15, 0.2) is 5.69 Å². The minimum Gasteiger partial charge on any atom is -0.476 e. The lowest BCUT2D eigenvalue weighted by Gasteiger charge is -2.11. The van der Waals surface area contributed by atoms with Crippen LogP contribution in [0.15, 0.2) is 36.5 Å². The summed E-state index contributed by atoms with van der Waals surface area (Å²) >= 11 is 0. The Morgan fingerprint density at radius 3 is 2.17 bits per heavy atom. The molecule has 3 heteroatoms. The van der Waals surface area contributed by atoms with Crippen molar-refractivity contribution in [2.45, 2.75) is 91.4 Å². The molecule has 2 aromatic rings. The second-order valence-corrected chi connectivity index (χ2v) is 8.68. The zero-order valence-electron chi connectivity index (χ0n) is 19.1. The van der Waals surface area contributed by atoms with Gasteiger partial charge >= 0.3 is 5.97 Å². The number of pyridine rings is 1. The zero-order chi connectivity index (χ0) is 21.8. The number of carboxylic acids is 1. The zero-order valence-corrected chi connectivity index (χ0v) is 19.1. The third-order valence-corrected chi connectivity index (χ3v) is 6.01. The lowest BCUT2D eigenvalue weighted by atomic mass is 9.95. The van der Waals surface area contributed by atoms with Gasteiger partial charge in [-0.05, 0) is 47.9 Å². The van der Waals surface area contributed by atoms with Crippen molar-refractivity contribution in [1.29, 1.82) is 0 Å². The van der Waals surface area contributed by atoms with Gasteiger partial charge in [-0.3, -0.25) is 0 Å². The van der Waals surface area contributed by atoms with Gasteiger partial charge in [0, 0.05) is 11.8 Å². The van der Waals surface area contributed by atoms with Crippen molar-refractivity contribution in [2.24, 2.45) is 5.92 Å². The standard InChI is InChI=1S/C27H39NO2/c1-4-6-7-8-9-10-11-12-13-23-19-25(26(27(29)30)28-20-23)24-16-14-22(15-17-24)18-21(3)5-2/h14-17,19-21H,4-13,18H2,1-3H3,(H,29,30)/t21-/m0/s1. The average molecular weight is 410 g/mol. The molecular weight excluding hydrogens is 370 g/mol. The summed E-state index contributed by atoms with van der Waals surface area (Å²) in [7, 11) is 0. The Bertz CT molecular complexity index is 767. The number of nitrogens with zero attached hydrogens (tertiary/aromatic N) is 1. The summed E-state index contributed by atoms with van der Waals surface area (Å²) in [6.07, 6.45) is 15.2. The molecule has 0 amide bonds. The first kappa shape index (κ1) is 24.1. The predicted molar refractivity (Wildman–Crippen MR) is 126 cm³/mol. The maximum Gasteiger partial charge on any atom is 0.355 e. The van der Waals surface area contributed by atoms with Crippen LogP contribution in [-0.4, -0.2) is 16.1 Å². The van der Waals surface area contributed by atoms with Crippen LogP contribution in [0, 0.1) is 5.92 Å². The quantitative estimate of drug-likeness (QED) is 0.325. The Labute approximate surface area is 183 Å². The summed E-state index contributed by atoms with van der Waals surface area (Å²) in [5.74, 6) is -0.311. The first-order valence-corrected chi connectivity index (χ1v) is 11.9. The van der Waals surface area contributed by atoms with Crippen molar-refractivity contribution < 1.29 is 9.90 Å². The van der Waals surface area contributed by atoms with Gasteiger partial charge in [-0.25, -0.2) is 9.78 Å². The van der Waals surface area contributed by atoms with E-state index in [4.69, 9.17) is 0 Å². The van der Waals surface area contributed by atoms with E-state index in [0.29, 0.717) is 5.92 Å². The Morgan fingerprint density at radius 1 is 0.933 bits per heavy atom. The maximum absolute atomic E-state index is 11.7. The molecule has 0 unspecified atom stereocenters. The number of rotatable bonds is 14. The van der Waals surface area contributed by atoms with Crippen LogP contribution in [0.3, 0.4) is 0 Å². The third-order valence-electron chi connectivity index (χ3n) is 6.01. The number of aromatic carboxylic acids is 1. The molecule has 1 aromatic heterocycles. The summed E-state index contributed by atoms with van der Waals surface area (Å²) < 4.78 is 0. The highest BCUT2D eigenvalue weighted by atomic mass is 16.4. The summed E-state index contributed by atoms with van der Waals surface area (Å²) in [5.41, 5.74) is 4.24. The molecule has 1 atom stereocenters. The normalized spacial score (nSPS) is 12.1. The van der Waals surface area contributed by atoms with Crippen LogP contribution in [0.25, 0.3) is 11.1 Å². The molecule has 0 fully saturated rings. The molecule has 0 bridgehead atoms. The topological polar surface area (TPSA) is 50.2 Å². The van der Waals surface area contributed by atoms with Crippen LogP contribution in [0.1, 0.15) is 100 Å². The summed E-state index contributed by atoms with van der Waals surface area (Å²) in [4.78, 5) is 16.0. The van der Waals surface area contributed by atoms with E-state index in [2.05, 4.69) is 37.9 Å². The highest BCUT2D eigenvalue weighted by Gasteiger charge is 2.14. The van der Waals surface area contributed by atoms with Crippen LogP contribution in [0.2, 0.25) is 0 Å². The number of aromatic nitrogens is 1. The smallest absolute Gasteiger partial charge is 0.355 e. The van der Waals surface area contributed by atoms with E-state index in [1.165, 1.54) is 50.5 Å². The lowest BCUT2D eigenvalue weighted by molar-refractivity contribution is 0.0691. The molecule has 1 aromatic carbocycles. The van der Waals surface area contributed by atoms with Crippen molar-refractivity contribution in [3.05, 3.63) is 53.3 Å².